The fraction of sp³-hybridized carbons (Fsp3) is 0.294. The Morgan fingerprint density at radius 3 is 1.46 bits per heavy atom. The normalized spacial score (nSPS) is 11.3. The van der Waals surface area contributed by atoms with Crippen molar-refractivity contribution in [1.82, 2.24) is 60.4 Å². The van der Waals surface area contributed by atoms with Crippen LogP contribution in [0.25, 0.3) is 45.2 Å². The van der Waals surface area contributed by atoms with Gasteiger partial charge in [0.1, 0.15) is 0 Å². The van der Waals surface area contributed by atoms with Crippen LogP contribution in [-0.4, -0.2) is 77.2 Å². The lowest BCUT2D eigenvalue weighted by Crippen LogP contribution is -2.30. The molecule has 0 atom stereocenters. The van der Waals surface area contributed by atoms with Crippen molar-refractivity contribution in [1.29, 1.82) is 0 Å². The van der Waals surface area contributed by atoms with Gasteiger partial charge in [0.15, 0.2) is 0 Å². The number of carbonyl (C=O) groups excluding carboxylic acids is 2. The van der Waals surface area contributed by atoms with Crippen LogP contribution in [0.4, 0.5) is 0 Å². The van der Waals surface area contributed by atoms with Gasteiger partial charge in [-0.15, -0.1) is 0 Å². The third kappa shape index (κ3) is 7.35. The maximum atomic E-state index is 11.1. The van der Waals surface area contributed by atoms with Gasteiger partial charge in [-0.2, -0.15) is 10.2 Å². The average Bonchev–Trinajstić information content (AvgIpc) is 3.68. The highest BCUT2D eigenvalue weighted by atomic mass is 16.2. The highest BCUT2D eigenvalue weighted by Crippen LogP contribution is 2.36. The summed E-state index contributed by atoms with van der Waals surface area (Å²) < 4.78 is 3.41. The number of nitrogens with zero attached hydrogens (tertiary/aromatic N) is 8. The molecule has 0 bridgehead atoms. The van der Waals surface area contributed by atoms with E-state index in [9.17, 15) is 9.59 Å². The van der Waals surface area contributed by atoms with Gasteiger partial charge in [-0.25, -0.2) is 29.0 Å². The predicted octanol–water partition coefficient (Wildman–Crippen LogP) is 2.63. The summed E-state index contributed by atoms with van der Waals surface area (Å²) in [6.45, 7) is 10.6. The summed E-state index contributed by atoms with van der Waals surface area (Å²) in [7, 11) is 0. The number of imidazole rings is 2. The first-order valence-electron chi connectivity index (χ1n) is 15.8. The standard InChI is InChI=1S/C34H38N12O2/c1-21-27(7-5-9-29(21)31-19-45-33(41-31)39-17-25(43-45)15-35-11-13-37-23(3)47)28-8-6-10-30(22(28)2)32-20-46-34(42-32)40-18-26(44-46)16-36-12-14-38-24(4)48/h5-10,17-20,35-36H,11-16H2,1-4H3,(H,37,47)(H,38,48). The minimum absolute atomic E-state index is 0.0513. The van der Waals surface area contributed by atoms with Crippen LogP contribution >= 0.6 is 0 Å². The molecule has 0 saturated heterocycles. The van der Waals surface area contributed by atoms with Crippen LogP contribution in [0.5, 0.6) is 0 Å². The first kappa shape index (κ1) is 32.3. The summed E-state index contributed by atoms with van der Waals surface area (Å²) in [6, 6.07) is 12.5. The molecule has 6 aromatic rings. The van der Waals surface area contributed by atoms with E-state index in [-0.39, 0.29) is 11.8 Å². The topological polar surface area (TPSA) is 168 Å². The zero-order valence-electron chi connectivity index (χ0n) is 27.4. The molecule has 0 aliphatic carbocycles. The molecule has 0 radical (unpaired) electrons. The van der Waals surface area contributed by atoms with Gasteiger partial charge in [-0.3, -0.25) is 9.59 Å². The predicted molar refractivity (Wildman–Crippen MR) is 182 cm³/mol. The van der Waals surface area contributed by atoms with Crippen molar-refractivity contribution < 1.29 is 9.59 Å². The van der Waals surface area contributed by atoms with Gasteiger partial charge < -0.3 is 21.3 Å². The Morgan fingerprint density at radius 2 is 1.04 bits per heavy atom. The molecule has 14 heteroatoms. The van der Waals surface area contributed by atoms with Gasteiger partial charge in [0.25, 0.3) is 11.6 Å². The van der Waals surface area contributed by atoms with Crippen molar-refractivity contribution in [2.45, 2.75) is 40.8 Å². The van der Waals surface area contributed by atoms with E-state index in [2.05, 4.69) is 79.5 Å². The van der Waals surface area contributed by atoms with E-state index in [0.29, 0.717) is 50.8 Å². The third-order valence-electron chi connectivity index (χ3n) is 7.94. The van der Waals surface area contributed by atoms with Gasteiger partial charge in [0.2, 0.25) is 11.8 Å². The largest absolute Gasteiger partial charge is 0.355 e. The van der Waals surface area contributed by atoms with Crippen LogP contribution < -0.4 is 21.3 Å². The number of fused-ring (bicyclic) bond motifs is 2. The van der Waals surface area contributed by atoms with E-state index in [1.54, 1.807) is 21.4 Å². The maximum Gasteiger partial charge on any atom is 0.251 e. The molecule has 4 N–H and O–H groups in total. The van der Waals surface area contributed by atoms with Crippen molar-refractivity contribution in [3.63, 3.8) is 0 Å². The Morgan fingerprint density at radius 1 is 0.625 bits per heavy atom. The second kappa shape index (κ2) is 14.4. The molecule has 2 aromatic carbocycles. The Kier molecular flexibility index (Phi) is 9.73. The van der Waals surface area contributed by atoms with Crippen molar-refractivity contribution >= 4 is 23.4 Å². The van der Waals surface area contributed by atoms with Gasteiger partial charge >= 0.3 is 0 Å². The second-order valence-corrected chi connectivity index (χ2v) is 11.5. The quantitative estimate of drug-likeness (QED) is 0.137. The van der Waals surface area contributed by atoms with Gasteiger partial charge in [-0.05, 0) is 36.1 Å². The number of amides is 2. The Bertz CT molecular complexity index is 1950. The number of aromatic nitrogens is 8. The zero-order chi connectivity index (χ0) is 33.6. The van der Waals surface area contributed by atoms with Crippen LogP contribution in [0.15, 0.2) is 61.2 Å². The van der Waals surface area contributed by atoms with Crippen LogP contribution in [0, 0.1) is 13.8 Å². The van der Waals surface area contributed by atoms with Crippen molar-refractivity contribution in [2.24, 2.45) is 0 Å². The van der Waals surface area contributed by atoms with Crippen LogP contribution in [0.3, 0.4) is 0 Å². The molecular weight excluding hydrogens is 608 g/mol. The van der Waals surface area contributed by atoms with Crippen molar-refractivity contribution in [3.05, 3.63) is 83.7 Å². The van der Waals surface area contributed by atoms with Gasteiger partial charge in [0.05, 0.1) is 47.6 Å². The van der Waals surface area contributed by atoms with Crippen LogP contribution in [-0.2, 0) is 22.7 Å². The second-order valence-electron chi connectivity index (χ2n) is 11.5. The number of rotatable bonds is 13. The minimum Gasteiger partial charge on any atom is -0.355 e. The van der Waals surface area contributed by atoms with Crippen LogP contribution in [0.2, 0.25) is 0 Å². The highest BCUT2D eigenvalue weighted by Gasteiger charge is 2.17. The Hall–Kier alpha value is -5.60. The monoisotopic (exact) mass is 646 g/mol. The molecule has 0 aliphatic rings. The molecule has 246 valence electrons. The zero-order valence-corrected chi connectivity index (χ0v) is 27.4. The summed E-state index contributed by atoms with van der Waals surface area (Å²) >= 11 is 0. The molecule has 0 unspecified atom stereocenters. The molecule has 4 heterocycles. The maximum absolute atomic E-state index is 11.1. The lowest BCUT2D eigenvalue weighted by atomic mass is 9.90. The van der Waals surface area contributed by atoms with Crippen molar-refractivity contribution in [2.75, 3.05) is 26.2 Å². The molecule has 14 nitrogen and oxygen atoms in total. The summed E-state index contributed by atoms with van der Waals surface area (Å²) in [5.41, 5.74) is 9.51. The fourth-order valence-corrected chi connectivity index (χ4v) is 5.56. The van der Waals surface area contributed by atoms with Crippen LogP contribution in [0.1, 0.15) is 36.4 Å². The third-order valence-corrected chi connectivity index (χ3v) is 7.94. The van der Waals surface area contributed by atoms with E-state index >= 15 is 0 Å². The summed E-state index contributed by atoms with van der Waals surface area (Å²) in [6.07, 6.45) is 7.24. The minimum atomic E-state index is -0.0513. The van der Waals surface area contributed by atoms with E-state index < -0.39 is 0 Å². The summed E-state index contributed by atoms with van der Waals surface area (Å²) in [5, 5.41) is 21.4. The molecule has 0 saturated carbocycles. The Balaban J connectivity index is 1.21. The number of nitrogens with one attached hydrogen (secondary N) is 4. The molecular formula is C34H38N12O2. The molecule has 6 rings (SSSR count). The average molecular weight is 647 g/mol. The van der Waals surface area contributed by atoms with Gasteiger partial charge in [0, 0.05) is 64.2 Å². The SMILES string of the molecule is CC(=O)NCCNCc1cnc2nc(-c3cccc(-c4cccc(-c5cn6nc(CNCCNC(C)=O)cnc6n5)c4C)c3C)cn2n1. The van der Waals surface area contributed by atoms with E-state index in [0.717, 1.165) is 56.2 Å². The number of benzene rings is 2. The molecule has 2 amide bonds. The van der Waals surface area contributed by atoms with Crippen molar-refractivity contribution in [3.8, 4) is 33.6 Å². The number of hydrogen-bond donors (Lipinski definition) is 4. The number of carbonyl (C=O) groups is 2. The first-order valence-corrected chi connectivity index (χ1v) is 15.8. The summed E-state index contributed by atoms with van der Waals surface area (Å²) in [4.78, 5) is 40.7. The molecule has 0 fully saturated rings. The summed E-state index contributed by atoms with van der Waals surface area (Å²) in [5.74, 6) is 0.940. The van der Waals surface area contributed by atoms with E-state index in [1.807, 2.05) is 24.5 Å². The van der Waals surface area contributed by atoms with E-state index in [4.69, 9.17) is 9.97 Å². The van der Waals surface area contributed by atoms with Gasteiger partial charge in [-0.1, -0.05) is 36.4 Å². The lowest BCUT2D eigenvalue weighted by Gasteiger charge is -2.14. The first-order chi connectivity index (χ1) is 23.3. The highest BCUT2D eigenvalue weighted by molar-refractivity contribution is 5.83. The smallest absolute Gasteiger partial charge is 0.251 e. The molecule has 0 spiro atoms. The molecule has 48 heavy (non-hydrogen) atoms. The number of hydrogen-bond acceptors (Lipinski definition) is 10. The molecule has 4 aromatic heterocycles. The Labute approximate surface area is 277 Å². The molecule has 0 aliphatic heterocycles. The fourth-order valence-electron chi connectivity index (χ4n) is 5.56. The lowest BCUT2D eigenvalue weighted by molar-refractivity contribution is -0.119. The van der Waals surface area contributed by atoms with E-state index in [1.165, 1.54) is 13.8 Å².